The van der Waals surface area contributed by atoms with E-state index in [9.17, 15) is 14.0 Å². The summed E-state index contributed by atoms with van der Waals surface area (Å²) in [6, 6.07) is 2.46. The SMILES string of the molecule is CCc1cc(F)cc2c1NCC(C(=O)O)C2=O. The standard InChI is InChI=1S/C12H12FNO3/c1-2-6-3-7(13)4-8-10(6)14-5-9(11(8)15)12(16)17/h3-4,9,14H,2,5H2,1H3,(H,16,17). The quantitative estimate of drug-likeness (QED) is 0.768. The van der Waals surface area contributed by atoms with Crippen LogP contribution in [-0.2, 0) is 11.2 Å². The van der Waals surface area contributed by atoms with Crippen LogP contribution in [0.4, 0.5) is 10.1 Å². The highest BCUT2D eigenvalue weighted by molar-refractivity contribution is 6.13. The van der Waals surface area contributed by atoms with Crippen molar-refractivity contribution < 1.29 is 19.1 Å². The minimum atomic E-state index is -1.18. The van der Waals surface area contributed by atoms with Crippen LogP contribution in [0.5, 0.6) is 0 Å². The zero-order chi connectivity index (χ0) is 12.6. The highest BCUT2D eigenvalue weighted by atomic mass is 19.1. The summed E-state index contributed by atoms with van der Waals surface area (Å²) in [6.07, 6.45) is 0.581. The molecule has 17 heavy (non-hydrogen) atoms. The van der Waals surface area contributed by atoms with Crippen LogP contribution in [0.2, 0.25) is 0 Å². The predicted octanol–water partition coefficient (Wildman–Crippen LogP) is 1.70. The van der Waals surface area contributed by atoms with Gasteiger partial charge >= 0.3 is 5.97 Å². The van der Waals surface area contributed by atoms with E-state index in [0.717, 1.165) is 6.07 Å². The molecule has 5 heteroatoms. The van der Waals surface area contributed by atoms with Gasteiger partial charge in [0.1, 0.15) is 11.7 Å². The highest BCUT2D eigenvalue weighted by Crippen LogP contribution is 2.30. The van der Waals surface area contributed by atoms with Gasteiger partial charge in [-0.3, -0.25) is 9.59 Å². The molecule has 0 spiro atoms. The number of aryl methyl sites for hydroxylation is 1. The van der Waals surface area contributed by atoms with Crippen LogP contribution in [0.15, 0.2) is 12.1 Å². The van der Waals surface area contributed by atoms with Crippen LogP contribution in [-0.4, -0.2) is 23.4 Å². The van der Waals surface area contributed by atoms with Crippen molar-refractivity contribution in [2.45, 2.75) is 13.3 Å². The van der Waals surface area contributed by atoms with Gasteiger partial charge in [0.05, 0.1) is 0 Å². The zero-order valence-electron chi connectivity index (χ0n) is 9.29. The van der Waals surface area contributed by atoms with Crippen molar-refractivity contribution >= 4 is 17.4 Å². The van der Waals surface area contributed by atoms with Crippen LogP contribution in [0.25, 0.3) is 0 Å². The van der Waals surface area contributed by atoms with Gasteiger partial charge in [0, 0.05) is 17.8 Å². The second kappa shape index (κ2) is 4.16. The van der Waals surface area contributed by atoms with E-state index in [2.05, 4.69) is 5.32 Å². The minimum absolute atomic E-state index is 0.0554. The Hall–Kier alpha value is -1.91. The summed E-state index contributed by atoms with van der Waals surface area (Å²) in [4.78, 5) is 22.8. The molecule has 0 aliphatic carbocycles. The molecule has 1 unspecified atom stereocenters. The molecule has 90 valence electrons. The van der Waals surface area contributed by atoms with Gasteiger partial charge in [-0.05, 0) is 24.1 Å². The molecule has 2 rings (SSSR count). The molecule has 2 N–H and O–H groups in total. The van der Waals surface area contributed by atoms with Crippen LogP contribution in [0.1, 0.15) is 22.8 Å². The van der Waals surface area contributed by atoms with Gasteiger partial charge in [0.25, 0.3) is 0 Å². The summed E-state index contributed by atoms with van der Waals surface area (Å²) >= 11 is 0. The third-order valence-electron chi connectivity index (χ3n) is 2.93. The number of nitrogens with one attached hydrogen (secondary N) is 1. The Morgan fingerprint density at radius 2 is 2.29 bits per heavy atom. The third-order valence-corrected chi connectivity index (χ3v) is 2.93. The molecule has 1 aromatic carbocycles. The molecule has 0 radical (unpaired) electrons. The molecular formula is C12H12FNO3. The predicted molar refractivity (Wildman–Crippen MR) is 59.7 cm³/mol. The Morgan fingerprint density at radius 3 is 2.88 bits per heavy atom. The molecule has 0 saturated carbocycles. The molecule has 0 fully saturated rings. The van der Waals surface area contributed by atoms with Gasteiger partial charge in [-0.15, -0.1) is 0 Å². The number of carbonyl (C=O) groups is 2. The molecule has 1 aliphatic heterocycles. The monoisotopic (exact) mass is 237 g/mol. The largest absolute Gasteiger partial charge is 0.481 e. The summed E-state index contributed by atoms with van der Waals surface area (Å²) in [5.41, 5.74) is 1.40. The van der Waals surface area contributed by atoms with E-state index >= 15 is 0 Å². The Bertz CT molecular complexity index is 499. The molecule has 1 aliphatic rings. The third kappa shape index (κ3) is 1.88. The van der Waals surface area contributed by atoms with Crippen molar-refractivity contribution in [3.05, 3.63) is 29.1 Å². The van der Waals surface area contributed by atoms with Crippen molar-refractivity contribution in [2.24, 2.45) is 5.92 Å². The van der Waals surface area contributed by atoms with Crippen LogP contribution in [0, 0.1) is 11.7 Å². The van der Waals surface area contributed by atoms with Gasteiger partial charge < -0.3 is 10.4 Å². The first-order valence-electron chi connectivity index (χ1n) is 5.38. The van der Waals surface area contributed by atoms with Gasteiger partial charge in [-0.25, -0.2) is 4.39 Å². The summed E-state index contributed by atoms with van der Waals surface area (Å²) in [5.74, 6) is -3.35. The molecule has 1 heterocycles. The van der Waals surface area contributed by atoms with E-state index < -0.39 is 23.5 Å². The topological polar surface area (TPSA) is 66.4 Å². The first-order chi connectivity index (χ1) is 8.04. The lowest BCUT2D eigenvalue weighted by Crippen LogP contribution is -2.35. The fraction of sp³-hybridized carbons (Fsp3) is 0.333. The summed E-state index contributed by atoms with van der Waals surface area (Å²) in [7, 11) is 0. The number of rotatable bonds is 2. The van der Waals surface area contributed by atoms with Gasteiger partial charge in [-0.2, -0.15) is 0 Å². The number of carboxylic acids is 1. The summed E-state index contributed by atoms with van der Waals surface area (Å²) in [6.45, 7) is 1.91. The zero-order valence-corrected chi connectivity index (χ0v) is 9.29. The smallest absolute Gasteiger partial charge is 0.316 e. The maximum absolute atomic E-state index is 13.3. The number of halogens is 1. The fourth-order valence-electron chi connectivity index (χ4n) is 2.03. The Balaban J connectivity index is 2.53. The second-order valence-corrected chi connectivity index (χ2v) is 3.98. The molecule has 0 amide bonds. The number of anilines is 1. The van der Waals surface area contributed by atoms with E-state index in [1.165, 1.54) is 6.07 Å². The van der Waals surface area contributed by atoms with E-state index in [1.54, 1.807) is 0 Å². The van der Waals surface area contributed by atoms with Crippen molar-refractivity contribution in [1.82, 2.24) is 0 Å². The van der Waals surface area contributed by atoms with Gasteiger partial charge in [-0.1, -0.05) is 6.92 Å². The van der Waals surface area contributed by atoms with Crippen molar-refractivity contribution in [3.8, 4) is 0 Å². The van der Waals surface area contributed by atoms with Crippen LogP contribution in [0.3, 0.4) is 0 Å². The highest BCUT2D eigenvalue weighted by Gasteiger charge is 2.33. The number of benzene rings is 1. The first-order valence-corrected chi connectivity index (χ1v) is 5.38. The number of aliphatic carboxylic acids is 1. The first kappa shape index (κ1) is 11.6. The summed E-state index contributed by atoms with van der Waals surface area (Å²) < 4.78 is 13.3. The molecule has 1 atom stereocenters. The van der Waals surface area contributed by atoms with Gasteiger partial charge in [0.2, 0.25) is 0 Å². The minimum Gasteiger partial charge on any atom is -0.481 e. The van der Waals surface area contributed by atoms with E-state index in [0.29, 0.717) is 17.7 Å². The normalized spacial score (nSPS) is 18.5. The molecular weight excluding hydrogens is 225 g/mol. The van der Waals surface area contributed by atoms with Crippen molar-refractivity contribution in [1.29, 1.82) is 0 Å². The van der Waals surface area contributed by atoms with Crippen molar-refractivity contribution in [2.75, 3.05) is 11.9 Å². The van der Waals surface area contributed by atoms with Crippen LogP contribution < -0.4 is 5.32 Å². The van der Waals surface area contributed by atoms with Crippen molar-refractivity contribution in [3.63, 3.8) is 0 Å². The maximum atomic E-state index is 13.3. The average molecular weight is 237 g/mol. The Kier molecular flexibility index (Phi) is 2.83. The summed E-state index contributed by atoms with van der Waals surface area (Å²) in [5, 5.41) is 11.8. The van der Waals surface area contributed by atoms with Crippen LogP contribution >= 0.6 is 0 Å². The fourth-order valence-corrected chi connectivity index (χ4v) is 2.03. The number of ketones is 1. The number of fused-ring (bicyclic) bond motifs is 1. The van der Waals surface area contributed by atoms with E-state index in [1.807, 2.05) is 6.92 Å². The number of hydrogen-bond acceptors (Lipinski definition) is 3. The average Bonchev–Trinajstić information content (AvgIpc) is 2.28. The molecule has 4 nitrogen and oxygen atoms in total. The number of Topliss-reactive ketones (excluding diaryl/α,β-unsaturated/α-hetero) is 1. The molecule has 0 saturated heterocycles. The second-order valence-electron chi connectivity index (χ2n) is 3.98. The Labute approximate surface area is 97.4 Å². The molecule has 0 bridgehead atoms. The van der Waals surface area contributed by atoms with Gasteiger partial charge in [0.15, 0.2) is 5.78 Å². The lowest BCUT2D eigenvalue weighted by molar-refractivity contribution is -0.139. The lowest BCUT2D eigenvalue weighted by atomic mass is 9.90. The molecule has 1 aromatic rings. The number of carboxylic acid groups (broad SMARTS) is 1. The Morgan fingerprint density at radius 1 is 1.59 bits per heavy atom. The lowest BCUT2D eigenvalue weighted by Gasteiger charge is -2.24. The number of carbonyl (C=O) groups excluding carboxylic acids is 1. The molecule has 0 aromatic heterocycles. The maximum Gasteiger partial charge on any atom is 0.316 e. The number of hydrogen-bond donors (Lipinski definition) is 2. The van der Waals surface area contributed by atoms with E-state index in [-0.39, 0.29) is 12.1 Å². The van der Waals surface area contributed by atoms with E-state index in [4.69, 9.17) is 5.11 Å².